The first kappa shape index (κ1) is 29.9. The molecule has 2 aromatic heterocycles. The quantitative estimate of drug-likeness (QED) is 0.182. The monoisotopic (exact) mass is 791 g/mol. The fourth-order valence-corrected chi connectivity index (χ4v) is 9.74. The second-order valence-electron chi connectivity index (χ2n) is 14.9. The number of fused-ring (bicyclic) bond motifs is 5. The van der Waals surface area contributed by atoms with Crippen molar-refractivity contribution >= 4 is 22.5 Å². The number of hydrogen-bond acceptors (Lipinski definition) is 3. The summed E-state index contributed by atoms with van der Waals surface area (Å²) in [5.74, 6) is 4.14. The normalized spacial score (nSPS) is 20.4. The number of anilines is 2. The molecule has 5 nitrogen and oxygen atoms in total. The van der Waals surface area contributed by atoms with E-state index in [2.05, 4.69) is 141 Å². The van der Waals surface area contributed by atoms with E-state index in [0.717, 1.165) is 26.8 Å². The van der Waals surface area contributed by atoms with Gasteiger partial charge in [-0.05, 0) is 25.0 Å². The summed E-state index contributed by atoms with van der Waals surface area (Å²) < 4.78 is 12.7. The Kier molecular flexibility index (Phi) is 7.21. The zero-order valence-corrected chi connectivity index (χ0v) is 29.9. The van der Waals surface area contributed by atoms with Gasteiger partial charge in [0.05, 0.1) is 0 Å². The summed E-state index contributed by atoms with van der Waals surface area (Å²) in [6, 6.07) is 26.7. The summed E-state index contributed by atoms with van der Waals surface area (Å²) in [4.78, 5) is 7.67. The van der Waals surface area contributed by atoms with Gasteiger partial charge in [0.25, 0.3) is 0 Å². The molecule has 1 aliphatic heterocycles. The third-order valence-corrected chi connectivity index (χ3v) is 12.3. The molecule has 5 aromatic rings. The minimum atomic E-state index is -0.0410. The van der Waals surface area contributed by atoms with Crippen LogP contribution in [0.25, 0.3) is 16.7 Å². The Balaban J connectivity index is 1.27. The van der Waals surface area contributed by atoms with Crippen LogP contribution in [0.3, 0.4) is 0 Å². The number of pyridine rings is 1. The molecule has 3 aromatic carbocycles. The first-order valence-corrected chi connectivity index (χ1v) is 18.1. The fraction of sp³-hybridized carbons (Fsp3) is 0.400. The average molecular weight is 792 g/mol. The van der Waals surface area contributed by atoms with Crippen LogP contribution in [0.2, 0.25) is 0 Å². The average Bonchev–Trinajstić information content (AvgIpc) is 3.77. The predicted octanol–water partition coefficient (Wildman–Crippen LogP) is 10.2. The van der Waals surface area contributed by atoms with Gasteiger partial charge in [0.15, 0.2) is 0 Å². The minimum Gasteiger partial charge on any atom is -0.0510 e. The smallest absolute Gasteiger partial charge is 0.0510 e. The van der Waals surface area contributed by atoms with Crippen molar-refractivity contribution in [1.29, 1.82) is 0 Å². The maximum absolute atomic E-state index is 6.90. The van der Waals surface area contributed by atoms with Gasteiger partial charge in [-0.15, -0.1) is 0 Å². The summed E-state index contributed by atoms with van der Waals surface area (Å²) >= 11 is 2.44. The number of nitrogens with zero attached hydrogens (tertiary/aromatic N) is 4. The van der Waals surface area contributed by atoms with E-state index in [0.29, 0.717) is 11.8 Å². The van der Waals surface area contributed by atoms with Crippen molar-refractivity contribution in [2.45, 2.75) is 89.5 Å². The van der Waals surface area contributed by atoms with Crippen LogP contribution in [0.1, 0.15) is 88.3 Å². The van der Waals surface area contributed by atoms with Gasteiger partial charge in [-0.2, -0.15) is 0 Å². The number of ether oxygens (including phenoxy) is 1. The molecule has 3 aliphatic rings. The van der Waals surface area contributed by atoms with Crippen molar-refractivity contribution < 1.29 is 24.1 Å². The molecule has 0 saturated heterocycles. The van der Waals surface area contributed by atoms with E-state index in [-0.39, 0.29) is 11.0 Å². The molecule has 0 N–H and O–H groups in total. The maximum atomic E-state index is 6.90. The molecule has 0 radical (unpaired) electrons. The third-order valence-electron chi connectivity index (χ3n) is 11.1. The van der Waals surface area contributed by atoms with Gasteiger partial charge in [0.2, 0.25) is 0 Å². The Morgan fingerprint density at radius 3 is 2.41 bits per heavy atom. The van der Waals surface area contributed by atoms with Crippen molar-refractivity contribution in [2.24, 2.45) is 13.0 Å². The number of hydrogen-bond donors (Lipinski definition) is 0. The molecule has 2 aliphatic carbocycles. The third kappa shape index (κ3) is 4.76. The summed E-state index contributed by atoms with van der Waals surface area (Å²) in [5, 5.41) is 0. The van der Waals surface area contributed by atoms with Gasteiger partial charge >= 0.3 is 234 Å². The molecule has 1 spiro atoms. The second-order valence-corrected chi connectivity index (χ2v) is 15.9. The van der Waals surface area contributed by atoms with Crippen LogP contribution in [0, 0.1) is 16.6 Å². The number of aryl methyl sites for hydroxylation is 2. The molecule has 46 heavy (non-hydrogen) atoms. The van der Waals surface area contributed by atoms with E-state index in [9.17, 15) is 0 Å². The molecule has 2 fully saturated rings. The molecule has 0 amide bonds. The molecule has 240 valence electrons. The van der Waals surface area contributed by atoms with Gasteiger partial charge in [-0.3, -0.25) is 0 Å². The molecule has 8 rings (SSSR count). The summed E-state index contributed by atoms with van der Waals surface area (Å²) in [6.45, 7) is 9.02. The van der Waals surface area contributed by atoms with Crippen LogP contribution < -0.4 is 9.64 Å². The van der Waals surface area contributed by atoms with Crippen molar-refractivity contribution in [2.75, 3.05) is 4.90 Å². The first-order valence-electron chi connectivity index (χ1n) is 17.0. The molecule has 2 unspecified atom stereocenters. The van der Waals surface area contributed by atoms with E-state index in [1.54, 1.807) is 0 Å². The Bertz CT molecular complexity index is 2030. The fourth-order valence-electron chi connectivity index (χ4n) is 8.90. The van der Waals surface area contributed by atoms with Crippen LogP contribution in [-0.2, 0) is 31.8 Å². The number of benzene rings is 3. The molecule has 2 atom stereocenters. The van der Waals surface area contributed by atoms with Gasteiger partial charge in [0.1, 0.15) is 0 Å². The Labute approximate surface area is 283 Å². The molecular formula is C40H44N4OPt. The zero-order chi connectivity index (χ0) is 31.8. The second kappa shape index (κ2) is 11.1. The van der Waals surface area contributed by atoms with Crippen molar-refractivity contribution in [3.63, 3.8) is 0 Å². The summed E-state index contributed by atoms with van der Waals surface area (Å²) in [5.41, 5.74) is 8.89. The zero-order valence-electron chi connectivity index (χ0n) is 27.6. The molecule has 6 heteroatoms. The van der Waals surface area contributed by atoms with Crippen molar-refractivity contribution in [1.82, 2.24) is 14.1 Å². The minimum absolute atomic E-state index is 0.0410. The number of imidazole rings is 1. The molecule has 3 heterocycles. The van der Waals surface area contributed by atoms with Crippen LogP contribution in [0.5, 0.6) is 11.5 Å². The van der Waals surface area contributed by atoms with Gasteiger partial charge in [-0.1, -0.05) is 19.3 Å². The van der Waals surface area contributed by atoms with E-state index >= 15 is 0 Å². The Morgan fingerprint density at radius 2 is 1.65 bits per heavy atom. The topological polar surface area (TPSA) is 35.2 Å². The van der Waals surface area contributed by atoms with Gasteiger partial charge < -0.3 is 0 Å². The predicted molar refractivity (Wildman–Crippen MR) is 183 cm³/mol. The van der Waals surface area contributed by atoms with E-state index in [1.165, 1.54) is 78.4 Å². The number of rotatable bonds is 4. The van der Waals surface area contributed by atoms with Gasteiger partial charge in [-0.25, -0.2) is 0 Å². The summed E-state index contributed by atoms with van der Waals surface area (Å²) in [7, 11) is 2.14. The Morgan fingerprint density at radius 1 is 0.870 bits per heavy atom. The number of aromatic nitrogens is 3. The van der Waals surface area contributed by atoms with E-state index < -0.39 is 0 Å². The first-order chi connectivity index (χ1) is 22.1. The SMILES string of the molecule is Cc1ccnc(N2c3cc(Oc4cc(-n5[c](=[Pt])n(C)c6ccccc65)cc(C(C)(C)C)c4)ccc3C3CCCC3C23CCCC3)c1. The number of para-hydroxylation sites is 2. The standard InChI is InChI=1S/C40H44N4O.Pt/c1-27-17-20-41-38(21-27)44-37-25-30(15-16-33(37)32-11-10-12-34(32)40(44)18-8-9-19-40)45-31-23-28(39(2,3)4)22-29(24-31)43-26-42(5)35-13-6-7-14-36(35)43;/h6-7,13-17,20-25,32,34H,8-12,18-19H2,1-5H3;. The molecule has 0 bridgehead atoms. The van der Waals surface area contributed by atoms with Crippen molar-refractivity contribution in [3.05, 3.63) is 99.5 Å². The van der Waals surface area contributed by atoms with Crippen LogP contribution in [0.15, 0.2) is 79.0 Å². The molecular weight excluding hydrogens is 748 g/mol. The molecule has 2 saturated carbocycles. The van der Waals surface area contributed by atoms with Gasteiger partial charge in [0, 0.05) is 6.20 Å². The van der Waals surface area contributed by atoms with E-state index in [1.807, 2.05) is 6.20 Å². The van der Waals surface area contributed by atoms with Crippen LogP contribution in [-0.4, -0.2) is 19.7 Å². The van der Waals surface area contributed by atoms with E-state index in [4.69, 9.17) is 9.72 Å². The van der Waals surface area contributed by atoms with Crippen LogP contribution >= 0.6 is 0 Å². The Hall–Kier alpha value is -3.43. The van der Waals surface area contributed by atoms with Crippen LogP contribution in [0.4, 0.5) is 11.5 Å². The summed E-state index contributed by atoms with van der Waals surface area (Å²) in [6.07, 6.45) is 11.0. The van der Waals surface area contributed by atoms with Crippen molar-refractivity contribution in [3.8, 4) is 17.2 Å².